The fourth-order valence-corrected chi connectivity index (χ4v) is 3.32. The highest BCUT2D eigenvalue weighted by Gasteiger charge is 2.32. The first-order valence-corrected chi connectivity index (χ1v) is 8.55. The first-order valence-electron chi connectivity index (χ1n) is 7.43. The summed E-state index contributed by atoms with van der Waals surface area (Å²) in [5, 5.41) is 0.978. The third-order valence-electron chi connectivity index (χ3n) is 4.16. The monoisotopic (exact) mass is 340 g/mol. The molecule has 0 aromatic heterocycles. The number of hydrogen-bond donors (Lipinski definition) is 0. The van der Waals surface area contributed by atoms with E-state index in [1.54, 1.807) is 0 Å². The SMILES string of the molecule is Cc1ccc(C(C)C)c(OCC2(CBr)CCOCC2)c1. The predicted octanol–water partition coefficient (Wildman–Crippen LogP) is 4.69. The maximum atomic E-state index is 6.23. The fraction of sp³-hybridized carbons (Fsp3) is 0.647. The van der Waals surface area contributed by atoms with Crippen LogP contribution >= 0.6 is 15.9 Å². The van der Waals surface area contributed by atoms with Crippen molar-refractivity contribution in [3.05, 3.63) is 29.3 Å². The lowest BCUT2D eigenvalue weighted by molar-refractivity contribution is 0.00333. The van der Waals surface area contributed by atoms with Gasteiger partial charge in [0.2, 0.25) is 0 Å². The largest absolute Gasteiger partial charge is 0.493 e. The van der Waals surface area contributed by atoms with Crippen molar-refractivity contribution in [2.45, 2.75) is 39.5 Å². The van der Waals surface area contributed by atoms with E-state index in [0.29, 0.717) is 5.92 Å². The zero-order chi connectivity index (χ0) is 14.6. The van der Waals surface area contributed by atoms with Crippen molar-refractivity contribution in [1.29, 1.82) is 0 Å². The van der Waals surface area contributed by atoms with Crippen LogP contribution in [0.4, 0.5) is 0 Å². The van der Waals surface area contributed by atoms with E-state index in [9.17, 15) is 0 Å². The topological polar surface area (TPSA) is 18.5 Å². The van der Waals surface area contributed by atoms with E-state index in [1.165, 1.54) is 11.1 Å². The van der Waals surface area contributed by atoms with Crippen LogP contribution in [-0.2, 0) is 4.74 Å². The number of rotatable bonds is 5. The molecule has 3 heteroatoms. The Bertz CT molecular complexity index is 437. The summed E-state index contributed by atoms with van der Waals surface area (Å²) in [4.78, 5) is 0. The molecule has 2 nitrogen and oxygen atoms in total. The molecule has 0 saturated carbocycles. The standard InChI is InChI=1S/C17H25BrO2/c1-13(2)15-5-4-14(3)10-16(15)20-12-17(11-18)6-8-19-9-7-17/h4-5,10,13H,6-9,11-12H2,1-3H3. The van der Waals surface area contributed by atoms with Gasteiger partial charge in [0.25, 0.3) is 0 Å². The Morgan fingerprint density at radius 2 is 2.00 bits per heavy atom. The van der Waals surface area contributed by atoms with Crippen molar-refractivity contribution >= 4 is 15.9 Å². The van der Waals surface area contributed by atoms with Gasteiger partial charge in [-0.15, -0.1) is 0 Å². The summed E-state index contributed by atoms with van der Waals surface area (Å²) in [7, 11) is 0. The number of aryl methyl sites for hydroxylation is 1. The Balaban J connectivity index is 2.11. The third kappa shape index (κ3) is 3.76. The molecule has 1 aromatic rings. The van der Waals surface area contributed by atoms with Crippen molar-refractivity contribution in [1.82, 2.24) is 0 Å². The van der Waals surface area contributed by atoms with Crippen LogP contribution < -0.4 is 4.74 Å². The zero-order valence-electron chi connectivity index (χ0n) is 12.7. The molecule has 2 rings (SSSR count). The molecular weight excluding hydrogens is 316 g/mol. The van der Waals surface area contributed by atoms with Crippen LogP contribution in [-0.4, -0.2) is 25.2 Å². The molecule has 20 heavy (non-hydrogen) atoms. The Hall–Kier alpha value is -0.540. The molecule has 1 heterocycles. The molecule has 1 aliphatic rings. The fourth-order valence-electron chi connectivity index (χ4n) is 2.60. The van der Waals surface area contributed by atoms with E-state index < -0.39 is 0 Å². The van der Waals surface area contributed by atoms with Gasteiger partial charge in [0.1, 0.15) is 5.75 Å². The average molecular weight is 341 g/mol. The predicted molar refractivity (Wildman–Crippen MR) is 87.0 cm³/mol. The molecule has 0 amide bonds. The van der Waals surface area contributed by atoms with E-state index in [4.69, 9.17) is 9.47 Å². The number of halogens is 1. The van der Waals surface area contributed by atoms with Crippen molar-refractivity contribution in [2.24, 2.45) is 5.41 Å². The van der Waals surface area contributed by atoms with Crippen LogP contribution in [0.25, 0.3) is 0 Å². The summed E-state index contributed by atoms with van der Waals surface area (Å²) in [6.07, 6.45) is 2.14. The van der Waals surface area contributed by atoms with E-state index in [0.717, 1.165) is 43.7 Å². The van der Waals surface area contributed by atoms with Crippen molar-refractivity contribution in [2.75, 3.05) is 25.2 Å². The lowest BCUT2D eigenvalue weighted by atomic mass is 9.83. The van der Waals surface area contributed by atoms with Crippen molar-refractivity contribution < 1.29 is 9.47 Å². The van der Waals surface area contributed by atoms with Crippen LogP contribution in [0.15, 0.2) is 18.2 Å². The summed E-state index contributed by atoms with van der Waals surface area (Å²) < 4.78 is 11.7. The van der Waals surface area contributed by atoms with Gasteiger partial charge in [0.15, 0.2) is 0 Å². The molecule has 112 valence electrons. The molecule has 1 aromatic carbocycles. The van der Waals surface area contributed by atoms with Gasteiger partial charge in [-0.25, -0.2) is 0 Å². The first kappa shape index (κ1) is 15.8. The minimum atomic E-state index is 0.218. The highest BCUT2D eigenvalue weighted by atomic mass is 79.9. The van der Waals surface area contributed by atoms with E-state index in [1.807, 2.05) is 0 Å². The second-order valence-electron chi connectivity index (χ2n) is 6.23. The van der Waals surface area contributed by atoms with E-state index in [-0.39, 0.29) is 5.41 Å². The molecule has 0 unspecified atom stereocenters. The highest BCUT2D eigenvalue weighted by Crippen LogP contribution is 2.35. The minimum Gasteiger partial charge on any atom is -0.493 e. The summed E-state index contributed by atoms with van der Waals surface area (Å²) in [5.74, 6) is 1.53. The molecule has 0 atom stereocenters. The van der Waals surface area contributed by atoms with Gasteiger partial charge in [-0.2, -0.15) is 0 Å². The Kier molecular flexibility index (Phi) is 5.50. The molecule has 1 aliphatic heterocycles. The maximum absolute atomic E-state index is 6.23. The molecule has 0 N–H and O–H groups in total. The summed E-state index contributed by atoms with van der Waals surface area (Å²) in [5.41, 5.74) is 2.77. The average Bonchev–Trinajstić information content (AvgIpc) is 2.46. The van der Waals surface area contributed by atoms with Gasteiger partial charge < -0.3 is 9.47 Å². The van der Waals surface area contributed by atoms with Gasteiger partial charge >= 0.3 is 0 Å². The van der Waals surface area contributed by atoms with E-state index >= 15 is 0 Å². The van der Waals surface area contributed by atoms with Crippen molar-refractivity contribution in [3.63, 3.8) is 0 Å². The van der Waals surface area contributed by atoms with Gasteiger partial charge in [-0.05, 0) is 42.9 Å². The molecule has 0 aliphatic carbocycles. The molecule has 0 spiro atoms. The smallest absolute Gasteiger partial charge is 0.123 e. The molecule has 0 bridgehead atoms. The molecule has 1 fully saturated rings. The van der Waals surface area contributed by atoms with Crippen molar-refractivity contribution in [3.8, 4) is 5.75 Å². The Morgan fingerprint density at radius 1 is 1.30 bits per heavy atom. The molecular formula is C17H25BrO2. The van der Waals surface area contributed by atoms with Gasteiger partial charge in [-0.1, -0.05) is 41.9 Å². The van der Waals surface area contributed by atoms with Gasteiger partial charge in [0, 0.05) is 24.0 Å². The highest BCUT2D eigenvalue weighted by molar-refractivity contribution is 9.09. The van der Waals surface area contributed by atoms with Gasteiger partial charge in [-0.3, -0.25) is 0 Å². The number of alkyl halides is 1. The zero-order valence-corrected chi connectivity index (χ0v) is 14.3. The Morgan fingerprint density at radius 3 is 2.60 bits per heavy atom. The third-order valence-corrected chi connectivity index (χ3v) is 5.35. The quantitative estimate of drug-likeness (QED) is 0.724. The maximum Gasteiger partial charge on any atom is 0.123 e. The van der Waals surface area contributed by atoms with Gasteiger partial charge in [0.05, 0.1) is 6.61 Å². The van der Waals surface area contributed by atoms with Crippen LogP contribution in [0.2, 0.25) is 0 Å². The first-order chi connectivity index (χ1) is 9.56. The summed E-state index contributed by atoms with van der Waals surface area (Å²) in [6, 6.07) is 6.52. The Labute approximate surface area is 131 Å². The number of benzene rings is 1. The lowest BCUT2D eigenvalue weighted by Gasteiger charge is -2.35. The second kappa shape index (κ2) is 6.95. The minimum absolute atomic E-state index is 0.218. The normalized spacial score (nSPS) is 18.2. The summed E-state index contributed by atoms with van der Waals surface area (Å²) >= 11 is 3.67. The molecule has 1 saturated heterocycles. The van der Waals surface area contributed by atoms with Crippen LogP contribution in [0.5, 0.6) is 5.75 Å². The van der Waals surface area contributed by atoms with Crippen LogP contribution in [0.3, 0.4) is 0 Å². The van der Waals surface area contributed by atoms with Crippen LogP contribution in [0.1, 0.15) is 43.7 Å². The second-order valence-corrected chi connectivity index (χ2v) is 6.79. The van der Waals surface area contributed by atoms with Crippen LogP contribution in [0, 0.1) is 12.3 Å². The van der Waals surface area contributed by atoms with E-state index in [2.05, 4.69) is 54.9 Å². The number of ether oxygens (including phenoxy) is 2. The lowest BCUT2D eigenvalue weighted by Crippen LogP contribution is -2.36. The molecule has 0 radical (unpaired) electrons. The summed E-state index contributed by atoms with van der Waals surface area (Å²) in [6.45, 7) is 9.01. The number of hydrogen-bond acceptors (Lipinski definition) is 2.